The molecule has 0 aromatic carbocycles. The van der Waals surface area contributed by atoms with E-state index >= 15 is 0 Å². The summed E-state index contributed by atoms with van der Waals surface area (Å²) in [5, 5.41) is 0. The Morgan fingerprint density at radius 1 is 1.69 bits per heavy atom. The number of hydrogen-bond donors (Lipinski definition) is 1. The number of carbonyl (C=O) groups is 1. The van der Waals surface area contributed by atoms with Crippen LogP contribution in [-0.2, 0) is 4.79 Å². The van der Waals surface area contributed by atoms with E-state index in [4.69, 9.17) is 5.73 Å². The largest absolute Gasteiger partial charge is 0.368 e. The third-order valence-electron chi connectivity index (χ3n) is 2.92. The SMILES string of the molecule is C=CCN1CCCCC1(C)C(N)=O. The summed E-state index contributed by atoms with van der Waals surface area (Å²) in [7, 11) is 0. The maximum Gasteiger partial charge on any atom is 0.237 e. The molecule has 0 spiro atoms. The van der Waals surface area contributed by atoms with Gasteiger partial charge in [-0.1, -0.05) is 6.08 Å². The van der Waals surface area contributed by atoms with Gasteiger partial charge in [0.25, 0.3) is 0 Å². The zero-order valence-electron chi connectivity index (χ0n) is 8.25. The molecule has 1 amide bonds. The minimum Gasteiger partial charge on any atom is -0.368 e. The van der Waals surface area contributed by atoms with Gasteiger partial charge in [0.15, 0.2) is 0 Å². The van der Waals surface area contributed by atoms with Gasteiger partial charge < -0.3 is 5.73 Å². The molecule has 0 radical (unpaired) electrons. The Morgan fingerprint density at radius 3 is 2.92 bits per heavy atom. The van der Waals surface area contributed by atoms with E-state index in [2.05, 4.69) is 11.5 Å². The number of piperidine rings is 1. The number of carbonyl (C=O) groups excluding carboxylic acids is 1. The maximum absolute atomic E-state index is 11.3. The fourth-order valence-electron chi connectivity index (χ4n) is 1.90. The summed E-state index contributed by atoms with van der Waals surface area (Å²) in [5.41, 5.74) is 4.96. The highest BCUT2D eigenvalue weighted by Crippen LogP contribution is 2.27. The summed E-state index contributed by atoms with van der Waals surface area (Å²) >= 11 is 0. The monoisotopic (exact) mass is 182 g/mol. The van der Waals surface area contributed by atoms with Gasteiger partial charge >= 0.3 is 0 Å². The Morgan fingerprint density at radius 2 is 2.38 bits per heavy atom. The molecule has 1 saturated heterocycles. The van der Waals surface area contributed by atoms with E-state index in [0.717, 1.165) is 32.4 Å². The number of primary amides is 1. The van der Waals surface area contributed by atoms with E-state index in [-0.39, 0.29) is 5.91 Å². The van der Waals surface area contributed by atoms with E-state index in [0.29, 0.717) is 0 Å². The fraction of sp³-hybridized carbons (Fsp3) is 0.700. The van der Waals surface area contributed by atoms with Crippen molar-refractivity contribution in [1.82, 2.24) is 4.90 Å². The molecular weight excluding hydrogens is 164 g/mol. The van der Waals surface area contributed by atoms with Crippen LogP contribution >= 0.6 is 0 Å². The van der Waals surface area contributed by atoms with Crippen LogP contribution in [0.1, 0.15) is 26.2 Å². The molecule has 1 rings (SSSR count). The summed E-state index contributed by atoms with van der Waals surface area (Å²) in [5.74, 6) is -0.214. The zero-order valence-corrected chi connectivity index (χ0v) is 8.25. The number of amides is 1. The lowest BCUT2D eigenvalue weighted by molar-refractivity contribution is -0.131. The van der Waals surface area contributed by atoms with Crippen molar-refractivity contribution in [3.8, 4) is 0 Å². The second-order valence-electron chi connectivity index (χ2n) is 3.83. The average Bonchev–Trinajstić information content (AvgIpc) is 2.09. The molecule has 2 N–H and O–H groups in total. The molecule has 0 bridgehead atoms. The Kier molecular flexibility index (Phi) is 3.09. The zero-order chi connectivity index (χ0) is 9.90. The summed E-state index contributed by atoms with van der Waals surface area (Å²) in [4.78, 5) is 13.4. The van der Waals surface area contributed by atoms with Gasteiger partial charge in [-0.15, -0.1) is 6.58 Å². The van der Waals surface area contributed by atoms with Gasteiger partial charge in [0.2, 0.25) is 5.91 Å². The lowest BCUT2D eigenvalue weighted by atomic mass is 9.88. The third kappa shape index (κ3) is 1.91. The van der Waals surface area contributed by atoms with Crippen LogP contribution in [0.4, 0.5) is 0 Å². The van der Waals surface area contributed by atoms with Crippen molar-refractivity contribution in [1.29, 1.82) is 0 Å². The quantitative estimate of drug-likeness (QED) is 0.659. The van der Waals surface area contributed by atoms with E-state index in [1.807, 2.05) is 13.0 Å². The van der Waals surface area contributed by atoms with Gasteiger partial charge in [-0.25, -0.2) is 0 Å². The number of nitrogens with two attached hydrogens (primary N) is 1. The van der Waals surface area contributed by atoms with Crippen LogP contribution in [0.5, 0.6) is 0 Å². The molecule has 1 atom stereocenters. The van der Waals surface area contributed by atoms with E-state index in [1.54, 1.807) is 0 Å². The van der Waals surface area contributed by atoms with E-state index < -0.39 is 5.54 Å². The normalized spacial score (nSPS) is 29.9. The van der Waals surface area contributed by atoms with E-state index in [9.17, 15) is 4.79 Å². The summed E-state index contributed by atoms with van der Waals surface area (Å²) in [6.45, 7) is 7.31. The molecule has 1 unspecified atom stereocenters. The minimum atomic E-state index is -0.452. The topological polar surface area (TPSA) is 46.3 Å². The first kappa shape index (κ1) is 10.3. The molecule has 13 heavy (non-hydrogen) atoms. The first-order chi connectivity index (χ1) is 6.11. The van der Waals surface area contributed by atoms with Crippen LogP contribution in [0.3, 0.4) is 0 Å². The molecule has 0 saturated carbocycles. The molecule has 0 aromatic heterocycles. The Bertz CT molecular complexity index is 215. The predicted molar refractivity (Wildman–Crippen MR) is 53.2 cm³/mol. The smallest absolute Gasteiger partial charge is 0.237 e. The van der Waals surface area contributed by atoms with Crippen LogP contribution in [-0.4, -0.2) is 29.4 Å². The van der Waals surface area contributed by atoms with Gasteiger partial charge in [0, 0.05) is 6.54 Å². The predicted octanol–water partition coefficient (Wildman–Crippen LogP) is 0.902. The van der Waals surface area contributed by atoms with Crippen LogP contribution in [0.2, 0.25) is 0 Å². The summed E-state index contributed by atoms with van der Waals surface area (Å²) < 4.78 is 0. The Balaban J connectivity index is 2.76. The molecule has 3 nitrogen and oxygen atoms in total. The molecule has 1 aliphatic rings. The molecule has 1 fully saturated rings. The second-order valence-corrected chi connectivity index (χ2v) is 3.83. The van der Waals surface area contributed by atoms with Crippen LogP contribution in [0, 0.1) is 0 Å². The van der Waals surface area contributed by atoms with Gasteiger partial charge in [-0.2, -0.15) is 0 Å². The van der Waals surface area contributed by atoms with Crippen molar-refractivity contribution >= 4 is 5.91 Å². The summed E-state index contributed by atoms with van der Waals surface area (Å²) in [6.07, 6.45) is 4.94. The molecule has 1 heterocycles. The van der Waals surface area contributed by atoms with Crippen LogP contribution < -0.4 is 5.73 Å². The van der Waals surface area contributed by atoms with Crippen molar-refractivity contribution < 1.29 is 4.79 Å². The van der Waals surface area contributed by atoms with Gasteiger partial charge in [-0.05, 0) is 32.7 Å². The van der Waals surface area contributed by atoms with Crippen molar-refractivity contribution in [2.24, 2.45) is 5.73 Å². The average molecular weight is 182 g/mol. The number of rotatable bonds is 3. The van der Waals surface area contributed by atoms with Crippen LogP contribution in [0.25, 0.3) is 0 Å². The molecule has 0 aliphatic carbocycles. The van der Waals surface area contributed by atoms with Gasteiger partial charge in [0.1, 0.15) is 0 Å². The number of nitrogens with zero attached hydrogens (tertiary/aromatic N) is 1. The van der Waals surface area contributed by atoms with Crippen molar-refractivity contribution in [3.63, 3.8) is 0 Å². The first-order valence-corrected chi connectivity index (χ1v) is 4.77. The van der Waals surface area contributed by atoms with E-state index in [1.165, 1.54) is 0 Å². The first-order valence-electron chi connectivity index (χ1n) is 4.77. The van der Waals surface area contributed by atoms with Crippen molar-refractivity contribution in [2.45, 2.75) is 31.7 Å². The highest BCUT2D eigenvalue weighted by atomic mass is 16.1. The number of likely N-dealkylation sites (tertiary alicyclic amines) is 1. The van der Waals surface area contributed by atoms with Crippen molar-refractivity contribution in [3.05, 3.63) is 12.7 Å². The lowest BCUT2D eigenvalue weighted by Crippen LogP contribution is -2.57. The minimum absolute atomic E-state index is 0.214. The third-order valence-corrected chi connectivity index (χ3v) is 2.92. The van der Waals surface area contributed by atoms with Crippen LogP contribution in [0.15, 0.2) is 12.7 Å². The molecule has 3 heteroatoms. The Hall–Kier alpha value is -0.830. The molecule has 74 valence electrons. The highest BCUT2D eigenvalue weighted by Gasteiger charge is 2.38. The highest BCUT2D eigenvalue weighted by molar-refractivity contribution is 5.84. The fourth-order valence-corrected chi connectivity index (χ4v) is 1.90. The van der Waals surface area contributed by atoms with Gasteiger partial charge in [-0.3, -0.25) is 9.69 Å². The molecule has 1 aliphatic heterocycles. The standard InChI is InChI=1S/C10H18N2O/c1-3-7-12-8-5-4-6-10(12,2)9(11)13/h3H,1,4-8H2,2H3,(H2,11,13). The van der Waals surface area contributed by atoms with Gasteiger partial charge in [0.05, 0.1) is 5.54 Å². The Labute approximate surface area is 79.6 Å². The second kappa shape index (κ2) is 3.92. The molecule has 0 aromatic rings. The summed E-state index contributed by atoms with van der Waals surface area (Å²) in [6, 6.07) is 0. The van der Waals surface area contributed by atoms with Crippen molar-refractivity contribution in [2.75, 3.05) is 13.1 Å². The molecular formula is C10H18N2O. The lowest BCUT2D eigenvalue weighted by Gasteiger charge is -2.41. The maximum atomic E-state index is 11.3. The number of hydrogen-bond acceptors (Lipinski definition) is 2.